The van der Waals surface area contributed by atoms with Crippen LogP contribution in [-0.2, 0) is 4.79 Å². The molecule has 4 rings (SSSR count). The van der Waals surface area contributed by atoms with Crippen molar-refractivity contribution in [1.82, 2.24) is 4.90 Å². The van der Waals surface area contributed by atoms with Gasteiger partial charge in [0.05, 0.1) is 6.54 Å². The number of ether oxygens (including phenoxy) is 1. The van der Waals surface area contributed by atoms with E-state index in [0.717, 1.165) is 16.3 Å². The minimum atomic E-state index is -0.861. The van der Waals surface area contributed by atoms with Gasteiger partial charge in [-0.1, -0.05) is 78.9 Å². The Bertz CT molecular complexity index is 1290. The lowest BCUT2D eigenvalue weighted by molar-refractivity contribution is -0.138. The molecule has 0 amide bonds. The molecule has 4 aromatic carbocycles. The van der Waals surface area contributed by atoms with Crippen LogP contribution in [0.1, 0.15) is 34.0 Å². The van der Waals surface area contributed by atoms with E-state index < -0.39 is 5.97 Å². The van der Waals surface area contributed by atoms with Gasteiger partial charge in [-0.2, -0.15) is 0 Å². The molecule has 0 aromatic heterocycles. The van der Waals surface area contributed by atoms with Crippen LogP contribution in [0, 0.1) is 0 Å². The average molecular weight is 454 g/mol. The highest BCUT2D eigenvalue weighted by Crippen LogP contribution is 2.27. The third kappa shape index (κ3) is 5.88. The van der Waals surface area contributed by atoms with Crippen molar-refractivity contribution in [2.75, 3.05) is 20.1 Å². The smallest absolute Gasteiger partial charge is 0.317 e. The lowest BCUT2D eigenvalue weighted by atomic mass is 10.00. The molecule has 0 aliphatic rings. The molecule has 0 spiro atoms. The summed E-state index contributed by atoms with van der Waals surface area (Å²) in [6.45, 7) is 0.527. The maximum absolute atomic E-state index is 13.2. The lowest BCUT2D eigenvalue weighted by Gasteiger charge is -2.23. The molecule has 0 saturated heterocycles. The maximum Gasteiger partial charge on any atom is 0.317 e. The zero-order chi connectivity index (χ0) is 23.9. The van der Waals surface area contributed by atoms with Gasteiger partial charge in [-0.05, 0) is 41.6 Å². The van der Waals surface area contributed by atoms with Crippen molar-refractivity contribution in [3.05, 3.63) is 114 Å². The first-order chi connectivity index (χ1) is 16.5. The molecule has 5 nitrogen and oxygen atoms in total. The highest BCUT2D eigenvalue weighted by molar-refractivity contribution is 6.10. The molecule has 34 heavy (non-hydrogen) atoms. The van der Waals surface area contributed by atoms with Crippen molar-refractivity contribution < 1.29 is 19.4 Å². The standard InChI is InChI=1S/C29H27NO4/c1-30(20-28(31)32)17-16-27(22-9-3-2-4-10-22)34-26-13-7-12-24(19-26)29(33)25-15-14-21-8-5-6-11-23(21)18-25/h2-15,18-19,27H,16-17,20H2,1H3,(H,31,32). The molecule has 1 N–H and O–H groups in total. The molecular formula is C29H27NO4. The van der Waals surface area contributed by atoms with Crippen LogP contribution in [0.15, 0.2) is 97.1 Å². The first kappa shape index (κ1) is 23.2. The summed E-state index contributed by atoms with van der Waals surface area (Å²) < 4.78 is 6.33. The number of carboxylic acids is 1. The largest absolute Gasteiger partial charge is 0.486 e. The van der Waals surface area contributed by atoms with Crippen LogP contribution >= 0.6 is 0 Å². The second kappa shape index (κ2) is 10.8. The number of aliphatic carboxylic acids is 1. The van der Waals surface area contributed by atoms with E-state index in [2.05, 4.69) is 0 Å². The Morgan fingerprint density at radius 2 is 1.53 bits per heavy atom. The van der Waals surface area contributed by atoms with Crippen molar-refractivity contribution in [2.45, 2.75) is 12.5 Å². The Labute approximate surface area is 199 Å². The van der Waals surface area contributed by atoms with E-state index >= 15 is 0 Å². The van der Waals surface area contributed by atoms with Gasteiger partial charge in [0, 0.05) is 24.1 Å². The highest BCUT2D eigenvalue weighted by Gasteiger charge is 2.17. The number of likely N-dealkylation sites (N-methyl/N-ethyl adjacent to an activating group) is 1. The van der Waals surface area contributed by atoms with Gasteiger partial charge in [0.1, 0.15) is 11.9 Å². The van der Waals surface area contributed by atoms with E-state index in [1.54, 1.807) is 24.1 Å². The molecule has 0 saturated carbocycles. The van der Waals surface area contributed by atoms with E-state index in [1.807, 2.05) is 84.9 Å². The monoisotopic (exact) mass is 453 g/mol. The van der Waals surface area contributed by atoms with Gasteiger partial charge >= 0.3 is 5.97 Å². The Morgan fingerprint density at radius 1 is 0.824 bits per heavy atom. The third-order valence-corrected chi connectivity index (χ3v) is 5.74. The first-order valence-corrected chi connectivity index (χ1v) is 11.2. The Morgan fingerprint density at radius 3 is 2.29 bits per heavy atom. The quantitative estimate of drug-likeness (QED) is 0.317. The summed E-state index contributed by atoms with van der Waals surface area (Å²) >= 11 is 0. The summed E-state index contributed by atoms with van der Waals surface area (Å²) in [5.41, 5.74) is 2.19. The van der Waals surface area contributed by atoms with Crippen LogP contribution < -0.4 is 4.74 Å². The van der Waals surface area contributed by atoms with Crippen LogP contribution in [0.25, 0.3) is 10.8 Å². The molecule has 172 valence electrons. The Hall–Kier alpha value is -3.96. The average Bonchev–Trinajstić information content (AvgIpc) is 2.86. The SMILES string of the molecule is CN(CCC(Oc1cccc(C(=O)c2ccc3ccccc3c2)c1)c1ccccc1)CC(=O)O. The molecule has 0 aliphatic heterocycles. The highest BCUT2D eigenvalue weighted by atomic mass is 16.5. The van der Waals surface area contributed by atoms with Gasteiger partial charge in [0.15, 0.2) is 5.78 Å². The van der Waals surface area contributed by atoms with E-state index in [-0.39, 0.29) is 18.4 Å². The molecule has 0 fully saturated rings. The zero-order valence-electron chi connectivity index (χ0n) is 19.1. The number of benzene rings is 4. The summed E-state index contributed by atoms with van der Waals surface area (Å²) in [5, 5.41) is 11.1. The molecule has 0 aliphatic carbocycles. The number of hydrogen-bond donors (Lipinski definition) is 1. The summed E-state index contributed by atoms with van der Waals surface area (Å²) in [6, 6.07) is 30.7. The fourth-order valence-electron chi connectivity index (χ4n) is 3.98. The second-order valence-electron chi connectivity index (χ2n) is 8.36. The van der Waals surface area contributed by atoms with Crippen LogP contribution in [0.4, 0.5) is 0 Å². The topological polar surface area (TPSA) is 66.8 Å². The van der Waals surface area contributed by atoms with Gasteiger partial charge in [0.25, 0.3) is 0 Å². The normalized spacial score (nSPS) is 11.9. The minimum absolute atomic E-state index is 0.0305. The number of ketones is 1. The van der Waals surface area contributed by atoms with E-state index in [9.17, 15) is 9.59 Å². The van der Waals surface area contributed by atoms with Crippen molar-refractivity contribution in [2.24, 2.45) is 0 Å². The predicted octanol–water partition coefficient (Wildman–Crippen LogP) is 5.60. The summed E-state index contributed by atoms with van der Waals surface area (Å²) in [7, 11) is 1.78. The van der Waals surface area contributed by atoms with E-state index in [4.69, 9.17) is 9.84 Å². The second-order valence-corrected chi connectivity index (χ2v) is 8.36. The summed E-state index contributed by atoms with van der Waals surface area (Å²) in [4.78, 5) is 26.0. The van der Waals surface area contributed by atoms with Crippen molar-refractivity contribution in [1.29, 1.82) is 0 Å². The van der Waals surface area contributed by atoms with Crippen LogP contribution in [-0.4, -0.2) is 41.9 Å². The molecule has 4 aromatic rings. The Kier molecular flexibility index (Phi) is 7.35. The molecule has 0 heterocycles. The zero-order valence-corrected chi connectivity index (χ0v) is 19.1. The number of hydrogen-bond acceptors (Lipinski definition) is 4. The lowest BCUT2D eigenvalue weighted by Crippen LogP contribution is -2.28. The fraction of sp³-hybridized carbons (Fsp3) is 0.172. The van der Waals surface area contributed by atoms with Crippen molar-refractivity contribution in [3.8, 4) is 5.75 Å². The maximum atomic E-state index is 13.2. The Balaban J connectivity index is 1.54. The van der Waals surface area contributed by atoms with Crippen molar-refractivity contribution >= 4 is 22.5 Å². The fourth-order valence-corrected chi connectivity index (χ4v) is 3.98. The predicted molar refractivity (Wildman–Crippen MR) is 133 cm³/mol. The summed E-state index contributed by atoms with van der Waals surface area (Å²) in [6.07, 6.45) is 0.333. The van der Waals surface area contributed by atoms with Gasteiger partial charge in [-0.3, -0.25) is 14.5 Å². The molecular weight excluding hydrogens is 426 g/mol. The van der Waals surface area contributed by atoms with E-state index in [0.29, 0.717) is 29.8 Å². The minimum Gasteiger partial charge on any atom is -0.486 e. The summed E-state index contributed by atoms with van der Waals surface area (Å²) in [5.74, 6) is -0.324. The van der Waals surface area contributed by atoms with Gasteiger partial charge in [-0.25, -0.2) is 0 Å². The molecule has 1 unspecified atom stereocenters. The van der Waals surface area contributed by atoms with Gasteiger partial charge in [-0.15, -0.1) is 0 Å². The molecule has 0 bridgehead atoms. The molecule has 0 radical (unpaired) electrons. The number of carbonyl (C=O) groups is 2. The number of nitrogens with zero attached hydrogens (tertiary/aromatic N) is 1. The van der Waals surface area contributed by atoms with Crippen molar-refractivity contribution in [3.63, 3.8) is 0 Å². The van der Waals surface area contributed by atoms with Gasteiger partial charge < -0.3 is 9.84 Å². The third-order valence-electron chi connectivity index (χ3n) is 5.74. The van der Waals surface area contributed by atoms with Crippen LogP contribution in [0.5, 0.6) is 5.75 Å². The number of carbonyl (C=O) groups excluding carboxylic acids is 1. The van der Waals surface area contributed by atoms with Crippen LogP contribution in [0.3, 0.4) is 0 Å². The van der Waals surface area contributed by atoms with Gasteiger partial charge in [0.2, 0.25) is 0 Å². The number of carboxylic acid groups (broad SMARTS) is 1. The number of rotatable bonds is 10. The molecule has 5 heteroatoms. The van der Waals surface area contributed by atoms with Crippen LogP contribution in [0.2, 0.25) is 0 Å². The first-order valence-electron chi connectivity index (χ1n) is 11.2. The number of fused-ring (bicyclic) bond motifs is 1. The molecule has 1 atom stereocenters. The van der Waals surface area contributed by atoms with E-state index in [1.165, 1.54) is 0 Å².